The molecular weight excluding hydrogens is 354 g/mol. The Hall–Kier alpha value is -1.59. The molecule has 0 aromatic carbocycles. The molecule has 0 aromatic rings. The number of carbonyl (C=O) groups is 3. The first kappa shape index (κ1) is 21.1. The van der Waals surface area contributed by atoms with Crippen LogP contribution in [-0.2, 0) is 14.4 Å². The third-order valence-corrected chi connectivity index (χ3v) is 7.00. The van der Waals surface area contributed by atoms with Crippen molar-refractivity contribution in [1.29, 1.82) is 0 Å². The zero-order valence-corrected chi connectivity index (χ0v) is 17.8. The van der Waals surface area contributed by atoms with Crippen molar-refractivity contribution in [1.82, 2.24) is 16.0 Å². The van der Waals surface area contributed by atoms with Crippen LogP contribution in [0.3, 0.4) is 0 Å². The molecule has 4 saturated carbocycles. The van der Waals surface area contributed by atoms with Crippen LogP contribution >= 0.6 is 0 Å². The molecule has 0 spiro atoms. The Kier molecular flexibility index (Phi) is 6.35. The highest BCUT2D eigenvalue weighted by Gasteiger charge is 2.55. The first-order valence-corrected chi connectivity index (χ1v) is 11.1. The lowest BCUT2D eigenvalue weighted by Crippen LogP contribution is -2.58. The normalized spacial score (nSPS) is 31.7. The molecule has 4 aliphatic carbocycles. The highest BCUT2D eigenvalue weighted by molar-refractivity contribution is 5.90. The van der Waals surface area contributed by atoms with E-state index in [9.17, 15) is 14.4 Å². The van der Waals surface area contributed by atoms with Crippen molar-refractivity contribution in [2.24, 2.45) is 35.0 Å². The summed E-state index contributed by atoms with van der Waals surface area (Å²) in [5.41, 5.74) is -0.243. The molecule has 0 radical (unpaired) electrons. The second kappa shape index (κ2) is 8.42. The summed E-state index contributed by atoms with van der Waals surface area (Å²) in [6.45, 7) is 8.37. The minimum atomic E-state index is -0.527. The van der Waals surface area contributed by atoms with Gasteiger partial charge in [-0.15, -0.1) is 0 Å². The van der Waals surface area contributed by atoms with E-state index in [-0.39, 0.29) is 35.0 Å². The van der Waals surface area contributed by atoms with Crippen LogP contribution in [0, 0.1) is 35.0 Å². The first-order valence-electron chi connectivity index (χ1n) is 11.1. The van der Waals surface area contributed by atoms with E-state index in [0.29, 0.717) is 30.8 Å². The molecule has 0 heterocycles. The van der Waals surface area contributed by atoms with E-state index >= 15 is 0 Å². The van der Waals surface area contributed by atoms with Gasteiger partial charge in [0.1, 0.15) is 6.04 Å². The van der Waals surface area contributed by atoms with Gasteiger partial charge in [-0.1, -0.05) is 27.7 Å². The van der Waals surface area contributed by atoms with Crippen LogP contribution in [0.15, 0.2) is 0 Å². The van der Waals surface area contributed by atoms with E-state index in [1.54, 1.807) is 0 Å². The summed E-state index contributed by atoms with van der Waals surface area (Å²) in [6.07, 6.45) is 6.88. The molecule has 4 fully saturated rings. The van der Waals surface area contributed by atoms with Gasteiger partial charge in [0.15, 0.2) is 0 Å². The van der Waals surface area contributed by atoms with Crippen LogP contribution < -0.4 is 16.0 Å². The Morgan fingerprint density at radius 3 is 1.71 bits per heavy atom. The summed E-state index contributed by atoms with van der Waals surface area (Å²) in [5, 5.41) is 8.77. The molecule has 0 aromatic heterocycles. The maximum Gasteiger partial charge on any atom is 0.242 e. The summed E-state index contributed by atoms with van der Waals surface area (Å²) in [5.74, 6) is 1.96. The fourth-order valence-corrected chi connectivity index (χ4v) is 5.90. The molecule has 6 nitrogen and oxygen atoms in total. The molecule has 0 aliphatic heterocycles. The average molecular weight is 392 g/mol. The molecular formula is C22H37N3O3. The smallest absolute Gasteiger partial charge is 0.242 e. The number of hydrogen-bond acceptors (Lipinski definition) is 3. The Morgan fingerprint density at radius 1 is 0.821 bits per heavy atom. The Bertz CT molecular complexity index is 579. The quantitative estimate of drug-likeness (QED) is 0.555. The van der Waals surface area contributed by atoms with E-state index in [1.807, 2.05) is 27.7 Å². The van der Waals surface area contributed by atoms with Gasteiger partial charge in [0.05, 0.1) is 0 Å². The third kappa shape index (κ3) is 4.52. The molecule has 3 amide bonds. The predicted octanol–water partition coefficient (Wildman–Crippen LogP) is 2.23. The summed E-state index contributed by atoms with van der Waals surface area (Å²) in [4.78, 5) is 37.5. The van der Waals surface area contributed by atoms with Crippen molar-refractivity contribution in [2.45, 2.75) is 72.3 Å². The van der Waals surface area contributed by atoms with Crippen LogP contribution in [0.25, 0.3) is 0 Å². The fraction of sp³-hybridized carbons (Fsp3) is 0.864. The highest BCUT2D eigenvalue weighted by atomic mass is 16.2. The lowest BCUT2D eigenvalue weighted by molar-refractivity contribution is -0.149. The molecule has 28 heavy (non-hydrogen) atoms. The summed E-state index contributed by atoms with van der Waals surface area (Å²) in [7, 11) is 0. The molecule has 4 aliphatic rings. The van der Waals surface area contributed by atoms with Crippen LogP contribution in [0.5, 0.6) is 0 Å². The lowest BCUT2D eigenvalue weighted by atomic mass is 9.49. The number of rotatable bonds is 8. The summed E-state index contributed by atoms with van der Waals surface area (Å²) >= 11 is 0. The Balaban J connectivity index is 1.53. The summed E-state index contributed by atoms with van der Waals surface area (Å²) < 4.78 is 0. The SMILES string of the molecule is CC(C)C(=O)NCCNC(=O)C(NC(=O)C12CC3CC(CC(C3)C1)C2)C(C)C. The third-order valence-electron chi connectivity index (χ3n) is 7.00. The van der Waals surface area contributed by atoms with Crippen LogP contribution in [0.4, 0.5) is 0 Å². The predicted molar refractivity (Wildman–Crippen MR) is 108 cm³/mol. The molecule has 0 saturated heterocycles. The van der Waals surface area contributed by atoms with Gasteiger partial charge in [-0.25, -0.2) is 0 Å². The Morgan fingerprint density at radius 2 is 1.29 bits per heavy atom. The first-order chi connectivity index (χ1) is 13.2. The van der Waals surface area contributed by atoms with Gasteiger partial charge in [0, 0.05) is 24.4 Å². The van der Waals surface area contributed by atoms with Crippen molar-refractivity contribution in [3.8, 4) is 0 Å². The Labute approximate surface area is 169 Å². The summed E-state index contributed by atoms with van der Waals surface area (Å²) in [6, 6.07) is -0.527. The van der Waals surface area contributed by atoms with Crippen molar-refractivity contribution < 1.29 is 14.4 Å². The number of amides is 3. The van der Waals surface area contributed by atoms with Crippen LogP contribution in [0.2, 0.25) is 0 Å². The van der Waals surface area contributed by atoms with Gasteiger partial charge in [0.25, 0.3) is 0 Å². The zero-order valence-electron chi connectivity index (χ0n) is 17.8. The van der Waals surface area contributed by atoms with Crippen molar-refractivity contribution in [3.05, 3.63) is 0 Å². The maximum atomic E-state index is 13.3. The number of hydrogen-bond donors (Lipinski definition) is 3. The van der Waals surface area contributed by atoms with Gasteiger partial charge in [-0.3, -0.25) is 14.4 Å². The number of nitrogens with one attached hydrogen (secondary N) is 3. The van der Waals surface area contributed by atoms with Crippen LogP contribution in [0.1, 0.15) is 66.2 Å². The molecule has 158 valence electrons. The lowest BCUT2D eigenvalue weighted by Gasteiger charge is -2.55. The maximum absolute atomic E-state index is 13.3. The topological polar surface area (TPSA) is 87.3 Å². The van der Waals surface area contributed by atoms with E-state index in [2.05, 4.69) is 16.0 Å². The second-order valence-corrected chi connectivity index (χ2v) is 10.1. The molecule has 1 unspecified atom stereocenters. The van der Waals surface area contributed by atoms with Crippen molar-refractivity contribution >= 4 is 17.7 Å². The largest absolute Gasteiger partial charge is 0.354 e. The molecule has 1 atom stereocenters. The van der Waals surface area contributed by atoms with Crippen LogP contribution in [-0.4, -0.2) is 36.9 Å². The average Bonchev–Trinajstić information content (AvgIpc) is 2.61. The minimum Gasteiger partial charge on any atom is -0.354 e. The monoisotopic (exact) mass is 391 g/mol. The highest BCUT2D eigenvalue weighted by Crippen LogP contribution is 2.60. The van der Waals surface area contributed by atoms with E-state index in [4.69, 9.17) is 0 Å². The van der Waals surface area contributed by atoms with E-state index < -0.39 is 6.04 Å². The zero-order chi connectivity index (χ0) is 20.5. The fourth-order valence-electron chi connectivity index (χ4n) is 5.90. The van der Waals surface area contributed by atoms with Gasteiger partial charge in [0.2, 0.25) is 17.7 Å². The standard InChI is InChI=1S/C22H37N3O3/c1-13(2)18(20(27)24-6-5-23-19(26)14(3)4)25-21(28)22-10-15-7-16(11-22)9-17(8-15)12-22/h13-18H,5-12H2,1-4H3,(H,23,26)(H,24,27)(H,25,28). The van der Waals surface area contributed by atoms with Gasteiger partial charge < -0.3 is 16.0 Å². The molecule has 3 N–H and O–H groups in total. The number of carbonyl (C=O) groups excluding carboxylic acids is 3. The molecule has 4 bridgehead atoms. The van der Waals surface area contributed by atoms with Gasteiger partial charge >= 0.3 is 0 Å². The van der Waals surface area contributed by atoms with Crippen molar-refractivity contribution in [2.75, 3.05) is 13.1 Å². The molecule has 6 heteroatoms. The van der Waals surface area contributed by atoms with E-state index in [0.717, 1.165) is 19.3 Å². The van der Waals surface area contributed by atoms with Crippen molar-refractivity contribution in [3.63, 3.8) is 0 Å². The van der Waals surface area contributed by atoms with Gasteiger partial charge in [-0.2, -0.15) is 0 Å². The van der Waals surface area contributed by atoms with E-state index in [1.165, 1.54) is 19.3 Å². The minimum absolute atomic E-state index is 0.0168. The van der Waals surface area contributed by atoms with Gasteiger partial charge in [-0.05, 0) is 62.2 Å². The second-order valence-electron chi connectivity index (χ2n) is 10.1. The molecule has 4 rings (SSSR count).